The highest BCUT2D eigenvalue weighted by molar-refractivity contribution is 6.99. The molecule has 0 saturated heterocycles. The molecule has 0 aliphatic heterocycles. The molecule has 2 aromatic rings. The average Bonchev–Trinajstić information content (AvgIpc) is 2.59. The average molecular weight is 351 g/mol. The molecule has 0 aliphatic carbocycles. The van der Waals surface area contributed by atoms with E-state index in [1.807, 2.05) is 6.08 Å². The van der Waals surface area contributed by atoms with Gasteiger partial charge >= 0.3 is 0 Å². The molecule has 1 nitrogen and oxygen atoms in total. The molecule has 25 heavy (non-hydrogen) atoms. The van der Waals surface area contributed by atoms with E-state index in [9.17, 15) is 0 Å². The van der Waals surface area contributed by atoms with Crippen LogP contribution in [0.1, 0.15) is 34.1 Å². The van der Waals surface area contributed by atoms with E-state index in [2.05, 4.69) is 101 Å². The van der Waals surface area contributed by atoms with Crippen LogP contribution in [-0.4, -0.2) is 14.9 Å². The molecule has 0 radical (unpaired) electrons. The summed E-state index contributed by atoms with van der Waals surface area (Å²) in [6.45, 7) is 13.5. The van der Waals surface area contributed by atoms with Crippen LogP contribution in [0.15, 0.2) is 85.0 Å². The molecule has 0 atom stereocenters. The maximum atomic E-state index is 6.81. The fourth-order valence-electron chi connectivity index (χ4n) is 3.38. The normalized spacial score (nSPS) is 12.9. The summed E-state index contributed by atoms with van der Waals surface area (Å²) in [5, 5.41) is 2.67. The van der Waals surface area contributed by atoms with E-state index in [0.29, 0.717) is 6.61 Å². The summed E-state index contributed by atoms with van der Waals surface area (Å²) in [4.78, 5) is 0. The van der Waals surface area contributed by atoms with E-state index in [4.69, 9.17) is 4.43 Å². The molecule has 0 fully saturated rings. The van der Waals surface area contributed by atoms with Crippen LogP contribution in [-0.2, 0) is 4.43 Å². The molecule has 0 saturated carbocycles. The van der Waals surface area contributed by atoms with Crippen LogP contribution < -0.4 is 10.4 Å². The van der Waals surface area contributed by atoms with E-state index >= 15 is 0 Å². The van der Waals surface area contributed by atoms with Crippen molar-refractivity contribution in [3.63, 3.8) is 0 Å². The molecule has 0 spiro atoms. The lowest BCUT2D eigenvalue weighted by Gasteiger charge is -2.42. The molecule has 0 bridgehead atoms. The lowest BCUT2D eigenvalue weighted by molar-refractivity contribution is 0.338. The number of allylic oxidation sites excluding steroid dienone is 2. The first-order chi connectivity index (χ1) is 11.9. The van der Waals surface area contributed by atoms with E-state index < -0.39 is 8.32 Å². The largest absolute Gasteiger partial charge is 0.404 e. The summed E-state index contributed by atoms with van der Waals surface area (Å²) in [5.74, 6) is 0. The molecule has 0 amide bonds. The molecule has 2 heteroatoms. The highest BCUT2D eigenvalue weighted by Gasteiger charge is 2.49. The molecule has 0 heterocycles. The number of rotatable bonds is 7. The first kappa shape index (κ1) is 19.4. The predicted molar refractivity (Wildman–Crippen MR) is 112 cm³/mol. The van der Waals surface area contributed by atoms with Gasteiger partial charge in [0, 0.05) is 0 Å². The maximum absolute atomic E-state index is 6.81. The van der Waals surface area contributed by atoms with Crippen LogP contribution in [0, 0.1) is 0 Å². The fourth-order valence-corrected chi connectivity index (χ4v) is 7.87. The summed E-state index contributed by atoms with van der Waals surface area (Å²) < 4.78 is 6.81. The standard InChI is InChI=1S/C23H30OSi/c1-6-13-20(2)18-19-24-25(23(3,4)5,21-14-9-7-10-15-21)22-16-11-8-12-17-22/h6-12,14-18H,1,13,19H2,2-5H3/b20-18-. The maximum Gasteiger partial charge on any atom is 0.261 e. The van der Waals surface area contributed by atoms with Crippen LogP contribution in [0.4, 0.5) is 0 Å². The van der Waals surface area contributed by atoms with E-state index in [0.717, 1.165) is 6.42 Å². The van der Waals surface area contributed by atoms with Gasteiger partial charge in [0.05, 0.1) is 6.61 Å². The quantitative estimate of drug-likeness (QED) is 0.499. The zero-order valence-corrected chi connectivity index (χ0v) is 17.0. The topological polar surface area (TPSA) is 9.23 Å². The predicted octanol–water partition coefficient (Wildman–Crippen LogP) is 5.09. The Morgan fingerprint density at radius 3 is 1.84 bits per heavy atom. The molecule has 132 valence electrons. The van der Waals surface area contributed by atoms with Crippen LogP contribution in [0.2, 0.25) is 5.04 Å². The van der Waals surface area contributed by atoms with Crippen molar-refractivity contribution < 1.29 is 4.43 Å². The van der Waals surface area contributed by atoms with Gasteiger partial charge in [-0.25, -0.2) is 0 Å². The molecule has 2 aromatic carbocycles. The van der Waals surface area contributed by atoms with E-state index in [1.165, 1.54) is 15.9 Å². The summed E-state index contributed by atoms with van der Waals surface area (Å²) in [6.07, 6.45) is 5.04. The summed E-state index contributed by atoms with van der Waals surface area (Å²) >= 11 is 0. The van der Waals surface area contributed by atoms with Gasteiger partial charge in [-0.3, -0.25) is 0 Å². The first-order valence-corrected chi connectivity index (χ1v) is 10.8. The van der Waals surface area contributed by atoms with Gasteiger partial charge in [0.25, 0.3) is 8.32 Å². The third-order valence-corrected chi connectivity index (χ3v) is 9.62. The van der Waals surface area contributed by atoms with Crippen molar-refractivity contribution in [2.45, 2.75) is 39.2 Å². The Bertz CT molecular complexity index is 656. The molecule has 0 N–H and O–H groups in total. The minimum Gasteiger partial charge on any atom is -0.404 e. The van der Waals surface area contributed by atoms with Crippen molar-refractivity contribution in [3.05, 3.63) is 85.0 Å². The number of hydrogen-bond acceptors (Lipinski definition) is 1. The van der Waals surface area contributed by atoms with Gasteiger partial charge in [-0.05, 0) is 28.8 Å². The molecular formula is C23H30OSi. The summed E-state index contributed by atoms with van der Waals surface area (Å²) in [7, 11) is -2.41. The Hall–Kier alpha value is -1.90. The Balaban J connectivity index is 2.53. The van der Waals surface area contributed by atoms with E-state index in [-0.39, 0.29) is 5.04 Å². The van der Waals surface area contributed by atoms with Crippen LogP contribution in [0.5, 0.6) is 0 Å². The fraction of sp³-hybridized carbons (Fsp3) is 0.304. The van der Waals surface area contributed by atoms with Gasteiger partial charge in [0.2, 0.25) is 0 Å². The van der Waals surface area contributed by atoms with Crippen molar-refractivity contribution in [1.29, 1.82) is 0 Å². The molecular weight excluding hydrogens is 320 g/mol. The minimum absolute atomic E-state index is 0.0237. The third-order valence-electron chi connectivity index (χ3n) is 4.61. The number of hydrogen-bond donors (Lipinski definition) is 0. The first-order valence-electron chi connectivity index (χ1n) is 8.93. The molecule has 2 rings (SSSR count). The lowest BCUT2D eigenvalue weighted by Crippen LogP contribution is -2.66. The Morgan fingerprint density at radius 1 is 0.960 bits per heavy atom. The highest BCUT2D eigenvalue weighted by Crippen LogP contribution is 2.36. The highest BCUT2D eigenvalue weighted by atomic mass is 28.4. The van der Waals surface area contributed by atoms with Crippen LogP contribution in [0.25, 0.3) is 0 Å². The Kier molecular flexibility index (Phi) is 6.57. The summed E-state index contributed by atoms with van der Waals surface area (Å²) in [5.41, 5.74) is 1.30. The van der Waals surface area contributed by atoms with Crippen molar-refractivity contribution in [2.75, 3.05) is 6.61 Å². The second kappa shape index (κ2) is 8.46. The summed E-state index contributed by atoms with van der Waals surface area (Å²) in [6, 6.07) is 21.5. The zero-order chi connectivity index (χ0) is 18.3. The molecule has 0 aliphatic rings. The van der Waals surface area contributed by atoms with Crippen molar-refractivity contribution in [2.24, 2.45) is 0 Å². The SMILES string of the molecule is C=CC/C(C)=C\CO[Si](c1ccccc1)(c1ccccc1)C(C)(C)C. The van der Waals surface area contributed by atoms with Gasteiger partial charge in [-0.15, -0.1) is 6.58 Å². The van der Waals surface area contributed by atoms with Crippen molar-refractivity contribution >= 4 is 18.7 Å². The Morgan fingerprint density at radius 2 is 1.44 bits per heavy atom. The van der Waals surface area contributed by atoms with Gasteiger partial charge < -0.3 is 4.43 Å². The molecule has 0 aromatic heterocycles. The minimum atomic E-state index is -2.41. The van der Waals surface area contributed by atoms with Gasteiger partial charge in [0.1, 0.15) is 0 Å². The van der Waals surface area contributed by atoms with E-state index in [1.54, 1.807) is 0 Å². The smallest absolute Gasteiger partial charge is 0.261 e. The molecule has 0 unspecified atom stereocenters. The number of benzene rings is 2. The van der Waals surface area contributed by atoms with Crippen LogP contribution in [0.3, 0.4) is 0 Å². The van der Waals surface area contributed by atoms with Crippen molar-refractivity contribution in [3.8, 4) is 0 Å². The third kappa shape index (κ3) is 4.39. The zero-order valence-electron chi connectivity index (χ0n) is 16.0. The Labute approximate surface area is 154 Å². The monoisotopic (exact) mass is 350 g/mol. The van der Waals surface area contributed by atoms with Gasteiger partial charge in [-0.1, -0.05) is 99.2 Å². The lowest BCUT2D eigenvalue weighted by atomic mass is 10.2. The second-order valence-electron chi connectivity index (χ2n) is 7.52. The van der Waals surface area contributed by atoms with Crippen LogP contribution >= 0.6 is 0 Å². The van der Waals surface area contributed by atoms with Gasteiger partial charge in [0.15, 0.2) is 0 Å². The van der Waals surface area contributed by atoms with Gasteiger partial charge in [-0.2, -0.15) is 0 Å². The van der Waals surface area contributed by atoms with Crippen molar-refractivity contribution in [1.82, 2.24) is 0 Å². The second-order valence-corrected chi connectivity index (χ2v) is 11.8.